The number of hydrogen-bond acceptors (Lipinski definition) is 9. The van der Waals surface area contributed by atoms with Crippen molar-refractivity contribution in [1.29, 1.82) is 0 Å². The molecule has 5 aliphatic rings. The predicted molar refractivity (Wildman–Crippen MR) is 224 cm³/mol. The van der Waals surface area contributed by atoms with Crippen LogP contribution in [0.25, 0.3) is 54.6 Å². The van der Waals surface area contributed by atoms with Crippen molar-refractivity contribution in [1.82, 2.24) is 0 Å². The lowest BCUT2D eigenvalue weighted by atomic mass is 9.78. The van der Waals surface area contributed by atoms with Crippen molar-refractivity contribution < 1.29 is 14.7 Å². The number of aliphatic hydroxyl groups is 1. The number of rotatable bonds is 2. The van der Waals surface area contributed by atoms with Crippen LogP contribution < -0.4 is 42.4 Å². The molecule has 6 aromatic rings. The van der Waals surface area contributed by atoms with E-state index in [1.807, 2.05) is 114 Å². The highest BCUT2D eigenvalue weighted by molar-refractivity contribution is 6.53. The number of hydrogen-bond donors (Lipinski definition) is 5. The molecule has 0 atom stereocenters. The summed E-state index contributed by atoms with van der Waals surface area (Å²) in [5.41, 5.74) is 4.84. The fraction of sp³-hybridized carbons (Fsp3) is 0.191. The molecule has 0 saturated heterocycles. The first kappa shape index (κ1) is 32.7. The number of aliphatic hydroxyl groups excluding tert-OH is 1. The van der Waals surface area contributed by atoms with Crippen molar-refractivity contribution >= 4 is 88.9 Å². The molecule has 0 amide bonds. The second kappa shape index (κ2) is 10.5. The second-order valence-electron chi connectivity index (χ2n) is 17.0. The molecular formula is C47H38N6O3. The van der Waals surface area contributed by atoms with Crippen LogP contribution in [-0.2, 0) is 9.59 Å². The molecule has 0 fully saturated rings. The van der Waals surface area contributed by atoms with Gasteiger partial charge in [0.05, 0.1) is 33.2 Å². The van der Waals surface area contributed by atoms with E-state index in [1.54, 1.807) is 0 Å². The molecule has 56 heavy (non-hydrogen) atoms. The molecule has 2 aliphatic carbocycles. The lowest BCUT2D eigenvalue weighted by Crippen LogP contribution is -2.44. The first-order valence-corrected chi connectivity index (χ1v) is 19.0. The van der Waals surface area contributed by atoms with Gasteiger partial charge in [-0.1, -0.05) is 72.8 Å². The zero-order chi connectivity index (χ0) is 38.6. The molecule has 0 radical (unpaired) electrons. The van der Waals surface area contributed by atoms with Crippen LogP contribution in [0.1, 0.15) is 52.7 Å². The van der Waals surface area contributed by atoms with Crippen molar-refractivity contribution in [2.24, 2.45) is 9.98 Å². The maximum absolute atomic E-state index is 14.3. The highest BCUT2D eigenvalue weighted by Crippen LogP contribution is 2.49. The summed E-state index contributed by atoms with van der Waals surface area (Å²) in [4.78, 5) is 38.7. The molecule has 0 bridgehead atoms. The Hall–Kier alpha value is -6.74. The van der Waals surface area contributed by atoms with Crippen molar-refractivity contribution in [3.63, 3.8) is 0 Å². The molecule has 11 rings (SSSR count). The lowest BCUT2D eigenvalue weighted by molar-refractivity contribution is -0.110. The molecule has 5 N–H and O–H groups in total. The van der Waals surface area contributed by atoms with E-state index in [1.165, 1.54) is 0 Å². The number of nitrogens with one attached hydrogen (secondary N) is 4. The van der Waals surface area contributed by atoms with Gasteiger partial charge in [-0.2, -0.15) is 0 Å². The fourth-order valence-electron chi connectivity index (χ4n) is 9.27. The van der Waals surface area contributed by atoms with Gasteiger partial charge in [-0.15, -0.1) is 0 Å². The van der Waals surface area contributed by atoms with Crippen molar-refractivity contribution in [3.8, 4) is 0 Å². The molecule has 3 heterocycles. The zero-order valence-electron chi connectivity index (χ0n) is 31.8. The van der Waals surface area contributed by atoms with E-state index in [4.69, 9.17) is 9.98 Å². The summed E-state index contributed by atoms with van der Waals surface area (Å²) in [6.07, 6.45) is 1.97. The van der Waals surface area contributed by atoms with Crippen LogP contribution in [0, 0.1) is 0 Å². The minimum absolute atomic E-state index is 0.0453. The summed E-state index contributed by atoms with van der Waals surface area (Å²) in [5, 5.41) is 34.9. The Balaban J connectivity index is 1.10. The van der Waals surface area contributed by atoms with E-state index in [0.717, 1.165) is 71.2 Å². The summed E-state index contributed by atoms with van der Waals surface area (Å²) < 4.78 is 0. The Labute approximate surface area is 321 Å². The second-order valence-corrected chi connectivity index (χ2v) is 17.0. The van der Waals surface area contributed by atoms with Crippen LogP contribution in [0.3, 0.4) is 0 Å². The average Bonchev–Trinajstić information content (AvgIpc) is 3.13. The Morgan fingerprint density at radius 1 is 0.536 bits per heavy atom. The quantitative estimate of drug-likeness (QED) is 0.133. The van der Waals surface area contributed by atoms with Gasteiger partial charge in [-0.25, -0.2) is 0 Å². The van der Waals surface area contributed by atoms with Crippen LogP contribution >= 0.6 is 0 Å². The molecule has 3 aliphatic heterocycles. The molecular weight excluding hydrogens is 697 g/mol. The van der Waals surface area contributed by atoms with Gasteiger partial charge in [0, 0.05) is 60.2 Å². The minimum Gasteiger partial charge on any atom is -0.506 e. The lowest BCUT2D eigenvalue weighted by Gasteiger charge is -2.39. The number of Topliss-reactive ketones (excluding diaryl/α,β-unsaturated/α-hetero) is 2. The molecule has 0 unspecified atom stereocenters. The Kier molecular flexibility index (Phi) is 6.13. The van der Waals surface area contributed by atoms with Crippen molar-refractivity contribution in [2.45, 2.75) is 58.5 Å². The Morgan fingerprint density at radius 2 is 1.05 bits per heavy atom. The highest BCUT2D eigenvalue weighted by atomic mass is 16.3. The third kappa shape index (κ3) is 4.42. The smallest absolute Gasteiger partial charge is 0.201 e. The van der Waals surface area contributed by atoms with Crippen LogP contribution in [0.5, 0.6) is 0 Å². The number of anilines is 4. The molecule has 9 nitrogen and oxygen atoms in total. The van der Waals surface area contributed by atoms with E-state index >= 15 is 0 Å². The van der Waals surface area contributed by atoms with Gasteiger partial charge < -0.3 is 26.4 Å². The van der Waals surface area contributed by atoms with E-state index in [9.17, 15) is 14.7 Å². The topological polar surface area (TPSA) is 127 Å². The number of benzene rings is 6. The number of allylic oxidation sites excluding steroid dienone is 4. The highest BCUT2D eigenvalue weighted by Gasteiger charge is 2.40. The number of carbonyl (C=O) groups is 2. The van der Waals surface area contributed by atoms with Gasteiger partial charge in [-0.3, -0.25) is 19.6 Å². The Bertz CT molecular complexity index is 3280. The van der Waals surface area contributed by atoms with E-state index in [0.29, 0.717) is 27.3 Å². The normalized spacial score (nSPS) is 21.1. The van der Waals surface area contributed by atoms with Gasteiger partial charge in [0.2, 0.25) is 5.78 Å². The molecule has 9 heteroatoms. The van der Waals surface area contributed by atoms with Gasteiger partial charge in [0.1, 0.15) is 22.7 Å². The zero-order valence-corrected chi connectivity index (χ0v) is 31.8. The van der Waals surface area contributed by atoms with Gasteiger partial charge in [0.15, 0.2) is 5.78 Å². The summed E-state index contributed by atoms with van der Waals surface area (Å²) in [6, 6.07) is 28.0. The van der Waals surface area contributed by atoms with Gasteiger partial charge in [0.25, 0.3) is 0 Å². The average molecular weight is 735 g/mol. The van der Waals surface area contributed by atoms with Gasteiger partial charge in [-0.05, 0) is 75.9 Å². The molecule has 6 aromatic carbocycles. The summed E-state index contributed by atoms with van der Waals surface area (Å²) in [5.74, 6) is -0.337. The first-order valence-electron chi connectivity index (χ1n) is 19.0. The maximum atomic E-state index is 14.3. The molecule has 274 valence electrons. The van der Waals surface area contributed by atoms with E-state index in [2.05, 4.69) is 39.5 Å². The number of carbonyl (C=O) groups excluding carboxylic acids is 2. The van der Waals surface area contributed by atoms with E-state index < -0.39 is 17.0 Å². The Morgan fingerprint density at radius 3 is 1.64 bits per heavy atom. The molecule has 0 aromatic heterocycles. The third-order valence-electron chi connectivity index (χ3n) is 11.6. The molecule has 0 spiro atoms. The number of nitrogens with zero attached hydrogens (tertiary/aromatic N) is 2. The molecule has 0 saturated carbocycles. The van der Waals surface area contributed by atoms with E-state index in [-0.39, 0.29) is 28.5 Å². The maximum Gasteiger partial charge on any atom is 0.201 e. The standard InChI is InChI=1S/C47H38N6O3/c1-45(2)48-31-11-7-9-22-13-17-25(38(50-45)33(22)31)29-21-30(42(29)54)26-18-14-24-16-20-28(41-35(24)39(26)51-47(5,6)53-41)37-43(55)36(44(37)56)27-19-15-23-10-8-12-32-34(23)40(27)52-46(3,4)49-32/h7-21,48-49,51,53,55H,1-6H3/b29-25-,36-27-. The van der Waals surface area contributed by atoms with Crippen LogP contribution in [-0.4, -0.2) is 33.7 Å². The third-order valence-corrected chi connectivity index (χ3v) is 11.6. The number of ketones is 2. The monoisotopic (exact) mass is 734 g/mol. The summed E-state index contributed by atoms with van der Waals surface area (Å²) >= 11 is 0. The summed E-state index contributed by atoms with van der Waals surface area (Å²) in [6.45, 7) is 12.1. The minimum atomic E-state index is -0.658. The SMILES string of the molecule is CC1(C)N=c2/c(=C3/C=C(c4ccc5ccc(C6=C(O)/C(=c7\ccc8cccc9c8c7=NC(C)(C)N9)C6=O)c6c5c4NC(C)(C)N6)C3=O)ccc3cccc(c23)N1. The fourth-order valence-corrected chi connectivity index (χ4v) is 9.27. The van der Waals surface area contributed by atoms with Crippen molar-refractivity contribution in [2.75, 3.05) is 21.3 Å². The van der Waals surface area contributed by atoms with Crippen molar-refractivity contribution in [3.05, 3.63) is 129 Å². The van der Waals surface area contributed by atoms with Crippen LogP contribution in [0.2, 0.25) is 0 Å². The largest absolute Gasteiger partial charge is 0.506 e. The van der Waals surface area contributed by atoms with Gasteiger partial charge >= 0.3 is 0 Å². The predicted octanol–water partition coefficient (Wildman–Crippen LogP) is 6.80. The summed E-state index contributed by atoms with van der Waals surface area (Å²) in [7, 11) is 0. The van der Waals surface area contributed by atoms with Crippen LogP contribution in [0.15, 0.2) is 107 Å². The van der Waals surface area contributed by atoms with Crippen LogP contribution in [0.4, 0.5) is 22.7 Å². The first-order chi connectivity index (χ1) is 26.7.